The molecule has 10 nitrogen and oxygen atoms in total. The summed E-state index contributed by atoms with van der Waals surface area (Å²) in [5, 5.41) is 10.3. The van der Waals surface area contributed by atoms with Crippen LogP contribution >= 0.6 is 11.6 Å². The number of rotatable bonds is 11. The van der Waals surface area contributed by atoms with Crippen LogP contribution in [0.25, 0.3) is 22.8 Å². The summed E-state index contributed by atoms with van der Waals surface area (Å²) >= 11 is 6.35. The topological polar surface area (TPSA) is 121 Å². The zero-order chi connectivity index (χ0) is 29.2. The van der Waals surface area contributed by atoms with Gasteiger partial charge < -0.3 is 15.5 Å². The Balaban J connectivity index is 0.00000189. The zero-order valence-corrected chi connectivity index (χ0v) is 24.6. The van der Waals surface area contributed by atoms with Crippen LogP contribution in [-0.4, -0.2) is 57.5 Å². The first-order valence-electron chi connectivity index (χ1n) is 14.4. The number of nitrogens with one attached hydrogen (secondary N) is 3. The predicted octanol–water partition coefficient (Wildman–Crippen LogP) is 5.85. The normalized spacial score (nSPS) is 20.8. The maximum atomic E-state index is 11.8. The van der Waals surface area contributed by atoms with Crippen molar-refractivity contribution < 1.29 is 9.26 Å². The number of H-pyrrole nitrogens is 1. The second kappa shape index (κ2) is 15.0. The minimum Gasteiger partial charge on any atom is -0.381 e. The average molecular weight is 582 g/mol. The Labute approximate surface area is 246 Å². The fourth-order valence-electron chi connectivity index (χ4n) is 5.60. The van der Waals surface area contributed by atoms with E-state index in [-0.39, 0.29) is 11.9 Å². The molecule has 5 rings (SSSR count). The summed E-state index contributed by atoms with van der Waals surface area (Å²) in [6, 6.07) is 3.75. The molecule has 11 heteroatoms. The van der Waals surface area contributed by atoms with Crippen molar-refractivity contribution in [2.45, 2.75) is 64.9 Å². The maximum Gasteiger partial charge on any atom is 0.439 e. The van der Waals surface area contributed by atoms with Crippen molar-refractivity contribution in [2.24, 2.45) is 11.8 Å². The van der Waals surface area contributed by atoms with Crippen molar-refractivity contribution in [1.82, 2.24) is 25.1 Å². The van der Waals surface area contributed by atoms with Gasteiger partial charge in [-0.2, -0.15) is 0 Å². The molecular weight excluding hydrogens is 542 g/mol. The summed E-state index contributed by atoms with van der Waals surface area (Å²) in [6.45, 7) is 7.49. The molecular formula is C30H40ClN7O3. The molecule has 3 N–H and O–H groups in total. The molecule has 0 amide bonds. The smallest absolute Gasteiger partial charge is 0.381 e. The zero-order valence-electron chi connectivity index (χ0n) is 23.9. The largest absolute Gasteiger partial charge is 0.439 e. The third-order valence-corrected chi connectivity index (χ3v) is 7.98. The number of unbranched alkanes of at least 4 members (excludes halogenated alkanes) is 1. The highest BCUT2D eigenvalue weighted by atomic mass is 35.5. The van der Waals surface area contributed by atoms with E-state index in [4.69, 9.17) is 25.8 Å². The summed E-state index contributed by atoms with van der Waals surface area (Å²) in [4.78, 5) is 23.6. The minimum absolute atomic E-state index is 0.178. The lowest BCUT2D eigenvalue weighted by Gasteiger charge is -2.34. The molecule has 2 unspecified atom stereocenters. The monoisotopic (exact) mass is 581 g/mol. The number of halogens is 1. The van der Waals surface area contributed by atoms with Gasteiger partial charge in [-0.1, -0.05) is 56.3 Å². The van der Waals surface area contributed by atoms with Gasteiger partial charge in [-0.05, 0) is 43.2 Å². The van der Waals surface area contributed by atoms with Gasteiger partial charge in [0, 0.05) is 37.6 Å². The highest BCUT2D eigenvalue weighted by Crippen LogP contribution is 2.38. The third-order valence-electron chi connectivity index (χ3n) is 7.77. The molecule has 1 aliphatic heterocycles. The third kappa shape index (κ3) is 8.09. The number of ether oxygens (including phenoxy) is 1. The van der Waals surface area contributed by atoms with Crippen molar-refractivity contribution in [2.75, 3.05) is 37.0 Å². The Morgan fingerprint density at radius 2 is 2.02 bits per heavy atom. The van der Waals surface area contributed by atoms with E-state index in [1.807, 2.05) is 12.1 Å². The SMILES string of the molecule is C#C.CCCC[C@@H]1CN(Nc2cc(-c3noc(=O)[nH]3)nc(-c3cncc(Cl)c3)c2NCC2CCC(CC)C2)CCO1. The second-order valence-corrected chi connectivity index (χ2v) is 11.1. The van der Waals surface area contributed by atoms with Crippen LogP contribution in [0.1, 0.15) is 58.8 Å². The van der Waals surface area contributed by atoms with Gasteiger partial charge in [0.15, 0.2) is 0 Å². The highest BCUT2D eigenvalue weighted by Gasteiger charge is 2.26. The van der Waals surface area contributed by atoms with Gasteiger partial charge in [-0.3, -0.25) is 14.5 Å². The lowest BCUT2D eigenvalue weighted by Crippen LogP contribution is -2.45. The van der Waals surface area contributed by atoms with E-state index in [9.17, 15) is 4.79 Å². The Bertz CT molecular complexity index is 1340. The van der Waals surface area contributed by atoms with E-state index in [0.29, 0.717) is 28.9 Å². The molecule has 2 fully saturated rings. The van der Waals surface area contributed by atoms with Crippen molar-refractivity contribution in [3.63, 3.8) is 0 Å². The number of morpholine rings is 1. The van der Waals surface area contributed by atoms with Crippen LogP contribution in [-0.2, 0) is 4.74 Å². The first kappa shape index (κ1) is 30.6. The van der Waals surface area contributed by atoms with Gasteiger partial charge in [0.2, 0.25) is 5.82 Å². The first-order chi connectivity index (χ1) is 20.0. The summed E-state index contributed by atoms with van der Waals surface area (Å²) in [6.07, 6.45) is 19.8. The van der Waals surface area contributed by atoms with E-state index >= 15 is 0 Å². The molecule has 1 saturated heterocycles. The van der Waals surface area contributed by atoms with Crippen LogP contribution in [0, 0.1) is 24.7 Å². The molecule has 0 aromatic carbocycles. The summed E-state index contributed by atoms with van der Waals surface area (Å²) in [5.74, 6) is 1.02. The van der Waals surface area contributed by atoms with Gasteiger partial charge in [0.05, 0.1) is 34.8 Å². The van der Waals surface area contributed by atoms with E-state index in [0.717, 1.165) is 61.8 Å². The number of hydrogen-bond donors (Lipinski definition) is 3. The van der Waals surface area contributed by atoms with Gasteiger partial charge in [0.1, 0.15) is 5.69 Å². The molecule has 2 aliphatic rings. The van der Waals surface area contributed by atoms with Crippen molar-refractivity contribution in [3.05, 3.63) is 40.1 Å². The highest BCUT2D eigenvalue weighted by molar-refractivity contribution is 6.30. The van der Waals surface area contributed by atoms with Gasteiger partial charge >= 0.3 is 5.76 Å². The molecule has 41 heavy (non-hydrogen) atoms. The minimum atomic E-state index is -0.631. The summed E-state index contributed by atoms with van der Waals surface area (Å²) in [7, 11) is 0. The molecule has 4 heterocycles. The van der Waals surface area contributed by atoms with E-state index < -0.39 is 5.76 Å². The van der Waals surface area contributed by atoms with Crippen molar-refractivity contribution in [1.29, 1.82) is 0 Å². The Morgan fingerprint density at radius 3 is 2.73 bits per heavy atom. The molecule has 3 aromatic heterocycles. The fourth-order valence-corrected chi connectivity index (χ4v) is 5.78. The lowest BCUT2D eigenvalue weighted by atomic mass is 10.0. The second-order valence-electron chi connectivity index (χ2n) is 10.6. The first-order valence-corrected chi connectivity index (χ1v) is 14.8. The Morgan fingerprint density at radius 1 is 1.20 bits per heavy atom. The van der Waals surface area contributed by atoms with Crippen LogP contribution in [0.15, 0.2) is 33.8 Å². The van der Waals surface area contributed by atoms with E-state index in [1.54, 1.807) is 12.4 Å². The Kier molecular flexibility index (Phi) is 11.2. The average Bonchev–Trinajstić information content (AvgIpc) is 3.65. The molecule has 0 radical (unpaired) electrons. The van der Waals surface area contributed by atoms with Crippen LogP contribution < -0.4 is 16.5 Å². The van der Waals surface area contributed by atoms with Crippen molar-refractivity contribution >= 4 is 23.0 Å². The number of anilines is 2. The number of nitrogens with zero attached hydrogens (tertiary/aromatic N) is 4. The number of hydrazine groups is 1. The molecule has 0 spiro atoms. The van der Waals surface area contributed by atoms with Crippen LogP contribution in [0.4, 0.5) is 11.4 Å². The number of pyridine rings is 2. The fraction of sp³-hybridized carbons (Fsp3) is 0.533. The van der Waals surface area contributed by atoms with Crippen LogP contribution in [0.2, 0.25) is 5.02 Å². The molecule has 1 saturated carbocycles. The van der Waals surface area contributed by atoms with Crippen LogP contribution in [0.3, 0.4) is 0 Å². The maximum absolute atomic E-state index is 11.8. The van der Waals surface area contributed by atoms with E-state index in [1.165, 1.54) is 25.7 Å². The molecule has 3 aromatic rings. The molecule has 3 atom stereocenters. The Hall–Kier alpha value is -3.39. The molecule has 1 aliphatic carbocycles. The van der Waals surface area contributed by atoms with Crippen LogP contribution in [0.5, 0.6) is 0 Å². The van der Waals surface area contributed by atoms with E-state index in [2.05, 4.69) is 57.6 Å². The summed E-state index contributed by atoms with van der Waals surface area (Å²) < 4.78 is 10.8. The van der Waals surface area contributed by atoms with Gasteiger partial charge in [-0.25, -0.2) is 14.8 Å². The van der Waals surface area contributed by atoms with Gasteiger partial charge in [0.25, 0.3) is 0 Å². The van der Waals surface area contributed by atoms with Gasteiger partial charge in [-0.15, -0.1) is 12.8 Å². The predicted molar refractivity (Wildman–Crippen MR) is 163 cm³/mol. The molecule has 0 bridgehead atoms. The standard InChI is InChI=1S/C28H38ClN7O3.C2H2/c1-3-5-6-22-17-36(9-10-38-22)34-23-13-24(27-33-28(37)39-35-27)32-25(20-12-21(29)16-30-15-20)26(23)31-14-19-8-7-18(4-2)11-19;1-2/h12-13,15-16,18-19,22,31H,3-11,14,17H2,1-2H3,(H,32,34)(H,33,35,37);1-2H/t18?,19?,22-;/m1./s1. The number of hydrogen-bond acceptors (Lipinski definition) is 9. The summed E-state index contributed by atoms with van der Waals surface area (Å²) in [5.41, 5.74) is 7.26. The number of terminal acetylenes is 1. The number of aromatic amines is 1. The quantitative estimate of drug-likeness (QED) is 0.239. The molecule has 220 valence electrons. The van der Waals surface area contributed by atoms with Crippen molar-refractivity contribution in [3.8, 4) is 35.6 Å². The lowest BCUT2D eigenvalue weighted by molar-refractivity contribution is -0.0244. The number of aromatic nitrogens is 4.